The smallest absolute Gasteiger partial charge is 0.242 e. The highest BCUT2D eigenvalue weighted by molar-refractivity contribution is 6.30. The molecule has 0 radical (unpaired) electrons. The predicted octanol–water partition coefficient (Wildman–Crippen LogP) is 2.10. The highest BCUT2D eigenvalue weighted by atomic mass is 35.5. The van der Waals surface area contributed by atoms with Crippen molar-refractivity contribution in [1.29, 1.82) is 0 Å². The first-order valence-electron chi connectivity index (χ1n) is 7.25. The lowest BCUT2D eigenvalue weighted by atomic mass is 10.1. The van der Waals surface area contributed by atoms with Crippen LogP contribution in [0.25, 0.3) is 0 Å². The van der Waals surface area contributed by atoms with E-state index in [-0.39, 0.29) is 18.2 Å². The summed E-state index contributed by atoms with van der Waals surface area (Å²) in [6.45, 7) is 2.03. The molecule has 6 heteroatoms. The molecule has 23 heavy (non-hydrogen) atoms. The van der Waals surface area contributed by atoms with Crippen molar-refractivity contribution in [2.75, 3.05) is 0 Å². The summed E-state index contributed by atoms with van der Waals surface area (Å²) in [7, 11) is 0. The van der Waals surface area contributed by atoms with E-state index in [1.165, 1.54) is 0 Å². The summed E-state index contributed by atoms with van der Waals surface area (Å²) in [5.41, 5.74) is 1.75. The summed E-state index contributed by atoms with van der Waals surface area (Å²) in [4.78, 5) is 27.9. The second-order valence-corrected chi connectivity index (χ2v) is 5.61. The number of nitrogens with zero attached hydrogens (tertiary/aromatic N) is 1. The first kappa shape index (κ1) is 17.0. The molecular formula is C17H18ClN3O2. The van der Waals surface area contributed by atoms with Crippen LogP contribution in [0.4, 0.5) is 0 Å². The third kappa shape index (κ3) is 5.71. The Morgan fingerprint density at radius 3 is 2.57 bits per heavy atom. The fourth-order valence-corrected chi connectivity index (χ4v) is 2.12. The monoisotopic (exact) mass is 331 g/mol. The number of carbonyl (C=O) groups excluding carboxylic acids is 2. The number of amides is 2. The second kappa shape index (κ2) is 8.29. The molecule has 0 aliphatic rings. The maximum atomic E-state index is 12.0. The summed E-state index contributed by atoms with van der Waals surface area (Å²) in [6, 6.07) is 10.1. The number of hydrogen-bond donors (Lipinski definition) is 2. The van der Waals surface area contributed by atoms with E-state index in [2.05, 4.69) is 15.6 Å². The molecule has 5 nitrogen and oxygen atoms in total. The number of benzene rings is 1. The molecule has 0 aliphatic carbocycles. The van der Waals surface area contributed by atoms with Gasteiger partial charge in [0.1, 0.15) is 6.04 Å². The van der Waals surface area contributed by atoms with Crippen molar-refractivity contribution < 1.29 is 9.59 Å². The van der Waals surface area contributed by atoms with E-state index in [0.29, 0.717) is 11.6 Å². The number of carbonyl (C=O) groups is 2. The van der Waals surface area contributed by atoms with Gasteiger partial charge in [-0.3, -0.25) is 14.6 Å². The lowest BCUT2D eigenvalue weighted by Crippen LogP contribution is -2.45. The van der Waals surface area contributed by atoms with E-state index in [0.717, 1.165) is 11.1 Å². The number of aromatic nitrogens is 1. The molecule has 2 N–H and O–H groups in total. The minimum absolute atomic E-state index is 0.206. The van der Waals surface area contributed by atoms with E-state index in [1.807, 2.05) is 6.07 Å². The molecule has 0 unspecified atom stereocenters. The third-order valence-corrected chi connectivity index (χ3v) is 3.49. The van der Waals surface area contributed by atoms with Gasteiger partial charge < -0.3 is 10.6 Å². The lowest BCUT2D eigenvalue weighted by Gasteiger charge is -2.14. The van der Waals surface area contributed by atoms with Gasteiger partial charge in [0.25, 0.3) is 0 Å². The topological polar surface area (TPSA) is 71.1 Å². The van der Waals surface area contributed by atoms with Crippen molar-refractivity contribution in [3.05, 3.63) is 64.9 Å². The Hall–Kier alpha value is -2.40. The molecule has 120 valence electrons. The van der Waals surface area contributed by atoms with Gasteiger partial charge in [0.05, 0.1) is 6.42 Å². The summed E-state index contributed by atoms with van der Waals surface area (Å²) in [5.74, 6) is -0.449. The molecule has 2 aromatic rings. The van der Waals surface area contributed by atoms with E-state index < -0.39 is 6.04 Å². The molecule has 2 amide bonds. The number of hydrogen-bond acceptors (Lipinski definition) is 3. The highest BCUT2D eigenvalue weighted by Crippen LogP contribution is 2.09. The fraction of sp³-hybridized carbons (Fsp3) is 0.235. The molecule has 0 aliphatic heterocycles. The number of pyridine rings is 1. The quantitative estimate of drug-likeness (QED) is 0.851. The van der Waals surface area contributed by atoms with Crippen LogP contribution in [0.5, 0.6) is 0 Å². The van der Waals surface area contributed by atoms with Crippen molar-refractivity contribution >= 4 is 23.4 Å². The predicted molar refractivity (Wildman–Crippen MR) is 88.8 cm³/mol. The molecule has 1 atom stereocenters. The number of rotatable bonds is 6. The maximum absolute atomic E-state index is 12.0. The van der Waals surface area contributed by atoms with Gasteiger partial charge in [0.15, 0.2) is 0 Å². The van der Waals surface area contributed by atoms with E-state index >= 15 is 0 Å². The van der Waals surface area contributed by atoms with Gasteiger partial charge in [0, 0.05) is 24.0 Å². The van der Waals surface area contributed by atoms with Crippen LogP contribution in [-0.2, 0) is 22.6 Å². The summed E-state index contributed by atoms with van der Waals surface area (Å²) in [6.07, 6.45) is 3.56. The average molecular weight is 332 g/mol. The summed E-state index contributed by atoms with van der Waals surface area (Å²) in [5, 5.41) is 6.07. The molecule has 0 saturated carbocycles. The van der Waals surface area contributed by atoms with Crippen LogP contribution >= 0.6 is 11.6 Å². The zero-order valence-electron chi connectivity index (χ0n) is 12.8. The molecule has 0 spiro atoms. The van der Waals surface area contributed by atoms with Crippen LogP contribution < -0.4 is 10.6 Å². The maximum Gasteiger partial charge on any atom is 0.242 e. The van der Waals surface area contributed by atoms with Gasteiger partial charge in [-0.1, -0.05) is 29.8 Å². The van der Waals surface area contributed by atoms with Gasteiger partial charge in [-0.05, 0) is 36.2 Å². The standard InChI is InChI=1S/C17H18ClN3O2/c1-12(17(23)20-11-14-3-2-8-19-10-14)21-16(22)9-13-4-6-15(18)7-5-13/h2-8,10,12H,9,11H2,1H3,(H,20,23)(H,21,22)/t12-/m1/s1. The molecule has 2 rings (SSSR count). The van der Waals surface area contributed by atoms with Crippen LogP contribution in [-0.4, -0.2) is 22.8 Å². The lowest BCUT2D eigenvalue weighted by molar-refractivity contribution is -0.128. The molecule has 1 heterocycles. The molecule has 1 aromatic carbocycles. The minimum Gasteiger partial charge on any atom is -0.350 e. The van der Waals surface area contributed by atoms with Crippen molar-refractivity contribution in [2.45, 2.75) is 25.9 Å². The zero-order valence-corrected chi connectivity index (χ0v) is 13.5. The largest absolute Gasteiger partial charge is 0.350 e. The Kier molecular flexibility index (Phi) is 6.11. The summed E-state index contributed by atoms with van der Waals surface area (Å²) < 4.78 is 0. The Bertz CT molecular complexity index is 659. The van der Waals surface area contributed by atoms with Crippen LogP contribution in [0.1, 0.15) is 18.1 Å². The van der Waals surface area contributed by atoms with Crippen LogP contribution in [0.3, 0.4) is 0 Å². The minimum atomic E-state index is -0.605. The van der Waals surface area contributed by atoms with Gasteiger partial charge in [-0.15, -0.1) is 0 Å². The van der Waals surface area contributed by atoms with Gasteiger partial charge in [-0.2, -0.15) is 0 Å². The molecule has 0 fully saturated rings. The van der Waals surface area contributed by atoms with Crippen LogP contribution in [0.2, 0.25) is 5.02 Å². The van der Waals surface area contributed by atoms with Crippen LogP contribution in [0.15, 0.2) is 48.8 Å². The normalized spacial score (nSPS) is 11.6. The molecule has 1 aromatic heterocycles. The molecular weight excluding hydrogens is 314 g/mol. The van der Waals surface area contributed by atoms with Crippen molar-refractivity contribution in [3.8, 4) is 0 Å². The van der Waals surface area contributed by atoms with Crippen molar-refractivity contribution in [3.63, 3.8) is 0 Å². The van der Waals surface area contributed by atoms with Crippen molar-refractivity contribution in [2.24, 2.45) is 0 Å². The average Bonchev–Trinajstić information content (AvgIpc) is 2.55. The van der Waals surface area contributed by atoms with E-state index in [1.54, 1.807) is 49.6 Å². The zero-order chi connectivity index (χ0) is 16.7. The van der Waals surface area contributed by atoms with E-state index in [4.69, 9.17) is 11.6 Å². The first-order chi connectivity index (χ1) is 11.0. The Balaban J connectivity index is 1.78. The SMILES string of the molecule is C[C@@H](NC(=O)Cc1ccc(Cl)cc1)C(=O)NCc1cccnc1. The Morgan fingerprint density at radius 1 is 1.17 bits per heavy atom. The van der Waals surface area contributed by atoms with Gasteiger partial charge >= 0.3 is 0 Å². The molecule has 0 bridgehead atoms. The van der Waals surface area contributed by atoms with Gasteiger partial charge in [-0.25, -0.2) is 0 Å². The number of nitrogens with one attached hydrogen (secondary N) is 2. The molecule has 0 saturated heterocycles. The highest BCUT2D eigenvalue weighted by Gasteiger charge is 2.15. The first-order valence-corrected chi connectivity index (χ1v) is 7.63. The van der Waals surface area contributed by atoms with E-state index in [9.17, 15) is 9.59 Å². The third-order valence-electron chi connectivity index (χ3n) is 3.24. The van der Waals surface area contributed by atoms with Crippen molar-refractivity contribution in [1.82, 2.24) is 15.6 Å². The van der Waals surface area contributed by atoms with Gasteiger partial charge in [0.2, 0.25) is 11.8 Å². The number of halogens is 1. The van der Waals surface area contributed by atoms with Crippen LogP contribution in [0, 0.1) is 0 Å². The second-order valence-electron chi connectivity index (χ2n) is 5.17. The Morgan fingerprint density at radius 2 is 1.91 bits per heavy atom. The Labute approximate surface area is 140 Å². The summed E-state index contributed by atoms with van der Waals surface area (Å²) >= 11 is 5.80. The fourth-order valence-electron chi connectivity index (χ4n) is 1.99.